The van der Waals surface area contributed by atoms with Crippen LogP contribution < -0.4 is 9.62 Å². The van der Waals surface area contributed by atoms with E-state index in [1.807, 2.05) is 13.8 Å². The Morgan fingerprint density at radius 1 is 0.897 bits per heavy atom. The minimum Gasteiger partial charge on any atom is -0.352 e. The van der Waals surface area contributed by atoms with Crippen LogP contribution in [0.5, 0.6) is 0 Å². The van der Waals surface area contributed by atoms with Crippen molar-refractivity contribution in [2.45, 2.75) is 57.6 Å². The first kappa shape index (κ1) is 30.5. The maximum atomic E-state index is 14.1. The zero-order valence-electron chi connectivity index (χ0n) is 22.4. The van der Waals surface area contributed by atoms with Gasteiger partial charge in [0.2, 0.25) is 11.8 Å². The highest BCUT2D eigenvalue weighted by Crippen LogP contribution is 2.31. The third-order valence-corrected chi connectivity index (χ3v) is 8.79. The lowest BCUT2D eigenvalue weighted by atomic mass is 10.1. The van der Waals surface area contributed by atoms with E-state index in [0.717, 1.165) is 4.31 Å². The summed E-state index contributed by atoms with van der Waals surface area (Å²) in [6, 6.07) is 18.8. The van der Waals surface area contributed by atoms with Gasteiger partial charge in [-0.05, 0) is 68.7 Å². The Hall–Kier alpha value is -3.07. The second-order valence-electron chi connectivity index (χ2n) is 9.41. The largest absolute Gasteiger partial charge is 0.352 e. The number of sulfonamides is 1. The van der Waals surface area contributed by atoms with Gasteiger partial charge in [-0.3, -0.25) is 13.9 Å². The highest BCUT2D eigenvalue weighted by atomic mass is 35.5. The molecule has 39 heavy (non-hydrogen) atoms. The van der Waals surface area contributed by atoms with Crippen LogP contribution in [-0.4, -0.2) is 43.8 Å². The summed E-state index contributed by atoms with van der Waals surface area (Å²) < 4.78 is 28.8. The second-order valence-corrected chi connectivity index (χ2v) is 12.1. The molecule has 3 rings (SSSR count). The fraction of sp³-hybridized carbons (Fsp3) is 0.310. The summed E-state index contributed by atoms with van der Waals surface area (Å²) in [5.74, 6) is -0.885. The zero-order valence-corrected chi connectivity index (χ0v) is 24.7. The summed E-state index contributed by atoms with van der Waals surface area (Å²) >= 11 is 12.8. The molecule has 3 aromatic rings. The smallest absolute Gasteiger partial charge is 0.264 e. The Bertz CT molecular complexity index is 1420. The molecule has 0 saturated carbocycles. The second kappa shape index (κ2) is 13.3. The number of carbonyl (C=O) groups is 2. The van der Waals surface area contributed by atoms with Crippen molar-refractivity contribution < 1.29 is 18.0 Å². The molecule has 0 radical (unpaired) electrons. The number of rotatable bonds is 11. The fourth-order valence-electron chi connectivity index (χ4n) is 4.21. The zero-order chi connectivity index (χ0) is 28.7. The fourth-order valence-corrected chi connectivity index (χ4v) is 6.07. The summed E-state index contributed by atoms with van der Waals surface area (Å²) in [6.45, 7) is 6.64. The number of anilines is 1. The van der Waals surface area contributed by atoms with Gasteiger partial charge >= 0.3 is 0 Å². The van der Waals surface area contributed by atoms with E-state index in [4.69, 9.17) is 23.2 Å². The molecule has 0 aliphatic carbocycles. The van der Waals surface area contributed by atoms with E-state index in [2.05, 4.69) is 5.32 Å². The highest BCUT2D eigenvalue weighted by molar-refractivity contribution is 7.92. The van der Waals surface area contributed by atoms with Gasteiger partial charge < -0.3 is 10.2 Å². The average molecular weight is 591 g/mol. The quantitative estimate of drug-likeness (QED) is 0.305. The average Bonchev–Trinajstić information content (AvgIpc) is 2.90. The molecule has 0 aliphatic rings. The molecule has 208 valence electrons. The van der Waals surface area contributed by atoms with Gasteiger partial charge in [0, 0.05) is 22.6 Å². The predicted octanol–water partition coefficient (Wildman–Crippen LogP) is 5.83. The van der Waals surface area contributed by atoms with E-state index in [0.29, 0.717) is 27.6 Å². The van der Waals surface area contributed by atoms with Gasteiger partial charge in [-0.2, -0.15) is 0 Å². The predicted molar refractivity (Wildman–Crippen MR) is 157 cm³/mol. The molecular weight excluding hydrogens is 557 g/mol. The van der Waals surface area contributed by atoms with Gasteiger partial charge in [0.25, 0.3) is 10.0 Å². The monoisotopic (exact) mass is 589 g/mol. The van der Waals surface area contributed by atoms with Crippen molar-refractivity contribution in [3.05, 3.63) is 94.0 Å². The number of benzene rings is 3. The molecular formula is C29H33Cl2N3O4S. The molecule has 2 amide bonds. The summed E-state index contributed by atoms with van der Waals surface area (Å²) in [7, 11) is -4.17. The molecule has 3 aromatic carbocycles. The Morgan fingerprint density at radius 2 is 1.51 bits per heavy atom. The number of carbonyl (C=O) groups excluding carboxylic acids is 2. The molecule has 0 aromatic heterocycles. The number of hydrogen-bond donors (Lipinski definition) is 1. The first-order valence-corrected chi connectivity index (χ1v) is 14.8. The van der Waals surface area contributed by atoms with Gasteiger partial charge in [0.05, 0.1) is 10.6 Å². The number of amides is 2. The lowest BCUT2D eigenvalue weighted by Crippen LogP contribution is -2.53. The maximum absolute atomic E-state index is 14.1. The molecule has 0 saturated heterocycles. The van der Waals surface area contributed by atoms with Crippen LogP contribution in [-0.2, 0) is 26.2 Å². The van der Waals surface area contributed by atoms with E-state index in [1.165, 1.54) is 17.0 Å². The van der Waals surface area contributed by atoms with Gasteiger partial charge in [0.1, 0.15) is 12.6 Å². The van der Waals surface area contributed by atoms with E-state index in [1.54, 1.807) is 74.5 Å². The van der Waals surface area contributed by atoms with Crippen molar-refractivity contribution in [2.24, 2.45) is 0 Å². The minimum atomic E-state index is -4.17. The lowest BCUT2D eigenvalue weighted by molar-refractivity contribution is -0.140. The summed E-state index contributed by atoms with van der Waals surface area (Å²) in [4.78, 5) is 28.7. The van der Waals surface area contributed by atoms with Crippen LogP contribution in [0.25, 0.3) is 0 Å². The topological polar surface area (TPSA) is 86.8 Å². The Balaban J connectivity index is 2.11. The standard InChI is InChI=1S/C29H33Cl2N3O4S/c1-5-26(29(36)32-20(2)3)33(18-22-12-9-10-15-25(22)31)28(35)19-34(27-17-11-16-24(30)21(27)4)39(37,38)23-13-7-6-8-14-23/h6-17,20,26H,5,18-19H2,1-4H3,(H,32,36)/t26-/m1/s1. The summed E-state index contributed by atoms with van der Waals surface area (Å²) in [5, 5.41) is 3.68. The summed E-state index contributed by atoms with van der Waals surface area (Å²) in [5.41, 5.74) is 1.42. The van der Waals surface area contributed by atoms with Crippen LogP contribution >= 0.6 is 23.2 Å². The SMILES string of the molecule is CC[C@H](C(=O)NC(C)C)N(Cc1ccccc1Cl)C(=O)CN(c1cccc(Cl)c1C)S(=O)(=O)c1ccccc1. The van der Waals surface area contributed by atoms with Crippen LogP contribution in [0.4, 0.5) is 5.69 Å². The van der Waals surface area contributed by atoms with Crippen LogP contribution in [0.1, 0.15) is 38.3 Å². The van der Waals surface area contributed by atoms with Crippen molar-refractivity contribution in [3.8, 4) is 0 Å². The Kier molecular flexibility index (Phi) is 10.4. The maximum Gasteiger partial charge on any atom is 0.264 e. The molecule has 7 nitrogen and oxygen atoms in total. The molecule has 0 spiro atoms. The molecule has 0 bridgehead atoms. The third kappa shape index (κ3) is 7.32. The molecule has 0 heterocycles. The van der Waals surface area contributed by atoms with E-state index in [9.17, 15) is 18.0 Å². The number of nitrogens with zero attached hydrogens (tertiary/aromatic N) is 2. The molecule has 0 fully saturated rings. The number of halogens is 2. The lowest BCUT2D eigenvalue weighted by Gasteiger charge is -2.34. The third-order valence-electron chi connectivity index (χ3n) is 6.23. The minimum absolute atomic E-state index is 0.0241. The Morgan fingerprint density at radius 3 is 2.13 bits per heavy atom. The van der Waals surface area contributed by atoms with Crippen LogP contribution in [0.15, 0.2) is 77.7 Å². The first-order valence-electron chi connectivity index (χ1n) is 12.6. The molecule has 0 unspecified atom stereocenters. The van der Waals surface area contributed by atoms with Crippen LogP contribution in [0, 0.1) is 6.92 Å². The van der Waals surface area contributed by atoms with Crippen molar-refractivity contribution in [2.75, 3.05) is 10.8 Å². The van der Waals surface area contributed by atoms with Crippen molar-refractivity contribution in [3.63, 3.8) is 0 Å². The van der Waals surface area contributed by atoms with E-state index < -0.39 is 28.5 Å². The number of nitrogens with one attached hydrogen (secondary N) is 1. The van der Waals surface area contributed by atoms with Gasteiger partial charge in [-0.1, -0.05) is 72.6 Å². The van der Waals surface area contributed by atoms with Gasteiger partial charge in [-0.15, -0.1) is 0 Å². The molecule has 10 heteroatoms. The number of hydrogen-bond acceptors (Lipinski definition) is 4. The van der Waals surface area contributed by atoms with Crippen molar-refractivity contribution >= 4 is 50.7 Å². The molecule has 0 aliphatic heterocycles. The Labute approximate surface area is 240 Å². The summed E-state index contributed by atoms with van der Waals surface area (Å²) in [6.07, 6.45) is 0.316. The van der Waals surface area contributed by atoms with E-state index in [-0.39, 0.29) is 29.1 Å². The highest BCUT2D eigenvalue weighted by Gasteiger charge is 2.34. The van der Waals surface area contributed by atoms with E-state index >= 15 is 0 Å². The molecule has 1 atom stereocenters. The first-order chi connectivity index (χ1) is 18.5. The van der Waals surface area contributed by atoms with Gasteiger partial charge in [0.15, 0.2) is 0 Å². The van der Waals surface area contributed by atoms with Crippen LogP contribution in [0.3, 0.4) is 0 Å². The van der Waals surface area contributed by atoms with Gasteiger partial charge in [-0.25, -0.2) is 8.42 Å². The van der Waals surface area contributed by atoms with Crippen LogP contribution in [0.2, 0.25) is 10.0 Å². The van der Waals surface area contributed by atoms with Crippen molar-refractivity contribution in [1.29, 1.82) is 0 Å². The molecule has 1 N–H and O–H groups in total. The van der Waals surface area contributed by atoms with Crippen molar-refractivity contribution in [1.82, 2.24) is 10.2 Å². The normalized spacial score (nSPS) is 12.2.